The van der Waals surface area contributed by atoms with E-state index in [4.69, 9.17) is 4.74 Å². The second kappa shape index (κ2) is 5.99. The van der Waals surface area contributed by atoms with Gasteiger partial charge < -0.3 is 4.74 Å². The zero-order valence-corrected chi connectivity index (χ0v) is 10.8. The number of para-hydroxylation sites is 2. The molecule has 0 saturated heterocycles. The van der Waals surface area contributed by atoms with Crippen molar-refractivity contribution in [2.75, 3.05) is 6.61 Å². The molecule has 1 aromatic carbocycles. The monoisotopic (exact) mass is 309 g/mol. The molecule has 0 unspecified atom stereocenters. The van der Waals surface area contributed by atoms with E-state index in [0.717, 1.165) is 0 Å². The lowest BCUT2D eigenvalue weighted by Gasteiger charge is -2.07. The molecular formula is C12H8FN3O6. The van der Waals surface area contributed by atoms with E-state index in [9.17, 15) is 28.9 Å². The molecule has 0 saturated carbocycles. The average molecular weight is 309 g/mol. The number of nitro groups is 1. The molecule has 0 aliphatic rings. The summed E-state index contributed by atoms with van der Waals surface area (Å²) in [4.78, 5) is 45.7. The fraction of sp³-hybridized carbons (Fsp3) is 0.0833. The second-order valence-electron chi connectivity index (χ2n) is 4.01. The van der Waals surface area contributed by atoms with Crippen LogP contribution in [0.3, 0.4) is 0 Å². The number of aromatic amines is 1. The van der Waals surface area contributed by atoms with Gasteiger partial charge in [-0.1, -0.05) is 12.1 Å². The van der Waals surface area contributed by atoms with Gasteiger partial charge in [-0.3, -0.25) is 24.7 Å². The smallest absolute Gasteiger partial charge is 0.335 e. The SMILES string of the molecule is O=C(COc1ccccc1[N+](=O)[O-])n1cc(F)c(=O)[nH]c1=O. The quantitative estimate of drug-likeness (QED) is 0.640. The maximum atomic E-state index is 13.1. The Bertz CT molecular complexity index is 856. The predicted molar refractivity (Wildman–Crippen MR) is 70.5 cm³/mol. The fourth-order valence-corrected chi connectivity index (χ4v) is 1.57. The summed E-state index contributed by atoms with van der Waals surface area (Å²) in [7, 11) is 0. The van der Waals surface area contributed by atoms with Gasteiger partial charge in [0, 0.05) is 6.07 Å². The van der Waals surface area contributed by atoms with Gasteiger partial charge in [0.05, 0.1) is 11.1 Å². The van der Waals surface area contributed by atoms with E-state index in [2.05, 4.69) is 0 Å². The highest BCUT2D eigenvalue weighted by Gasteiger charge is 2.17. The Labute approximate surface area is 120 Å². The Kier molecular flexibility index (Phi) is 4.11. The van der Waals surface area contributed by atoms with Crippen molar-refractivity contribution in [2.24, 2.45) is 0 Å². The molecule has 0 radical (unpaired) electrons. The molecule has 10 heteroatoms. The van der Waals surface area contributed by atoms with E-state index in [-0.39, 0.29) is 11.4 Å². The summed E-state index contributed by atoms with van der Waals surface area (Å²) >= 11 is 0. The summed E-state index contributed by atoms with van der Waals surface area (Å²) in [6, 6.07) is 5.31. The van der Waals surface area contributed by atoms with Crippen LogP contribution in [0.4, 0.5) is 10.1 Å². The van der Waals surface area contributed by atoms with Crippen molar-refractivity contribution in [3.8, 4) is 5.75 Å². The number of nitro benzene ring substituents is 1. The van der Waals surface area contributed by atoms with Gasteiger partial charge in [-0.05, 0) is 6.07 Å². The molecule has 0 fully saturated rings. The Morgan fingerprint density at radius 2 is 2.05 bits per heavy atom. The first-order valence-electron chi connectivity index (χ1n) is 5.81. The van der Waals surface area contributed by atoms with Crippen molar-refractivity contribution in [1.29, 1.82) is 0 Å². The van der Waals surface area contributed by atoms with Gasteiger partial charge in [0.1, 0.15) is 0 Å². The number of benzene rings is 1. The van der Waals surface area contributed by atoms with Gasteiger partial charge in [-0.25, -0.2) is 9.36 Å². The number of rotatable bonds is 4. The summed E-state index contributed by atoms with van der Waals surface area (Å²) in [6.07, 6.45) is 0.423. The van der Waals surface area contributed by atoms with Crippen LogP contribution >= 0.6 is 0 Å². The molecule has 0 atom stereocenters. The molecule has 0 spiro atoms. The number of hydrogen-bond donors (Lipinski definition) is 1. The van der Waals surface area contributed by atoms with E-state index in [1.54, 1.807) is 4.98 Å². The zero-order valence-electron chi connectivity index (χ0n) is 10.8. The predicted octanol–water partition coefficient (Wildman–Crippen LogP) is 0.303. The molecule has 0 amide bonds. The molecule has 1 N–H and O–H groups in total. The van der Waals surface area contributed by atoms with E-state index >= 15 is 0 Å². The first kappa shape index (κ1) is 15.1. The number of carbonyl (C=O) groups excluding carboxylic acids is 1. The summed E-state index contributed by atoms with van der Waals surface area (Å²) in [5.74, 6) is -2.50. The number of aromatic nitrogens is 2. The molecule has 2 rings (SSSR count). The van der Waals surface area contributed by atoms with E-state index in [1.165, 1.54) is 24.3 Å². The number of ether oxygens (including phenoxy) is 1. The molecule has 2 aromatic rings. The summed E-state index contributed by atoms with van der Waals surface area (Å²) < 4.78 is 18.4. The highest BCUT2D eigenvalue weighted by Crippen LogP contribution is 2.25. The molecule has 114 valence electrons. The zero-order chi connectivity index (χ0) is 16.3. The lowest BCUT2D eigenvalue weighted by Crippen LogP contribution is -2.37. The highest BCUT2D eigenvalue weighted by molar-refractivity contribution is 5.80. The number of nitrogens with one attached hydrogen (secondary N) is 1. The second-order valence-corrected chi connectivity index (χ2v) is 4.01. The highest BCUT2D eigenvalue weighted by atomic mass is 19.1. The molecule has 0 bridgehead atoms. The summed E-state index contributed by atoms with van der Waals surface area (Å²) in [5, 5.41) is 10.8. The van der Waals surface area contributed by atoms with Crippen molar-refractivity contribution in [1.82, 2.24) is 9.55 Å². The number of nitrogens with zero attached hydrogens (tertiary/aromatic N) is 2. The van der Waals surface area contributed by atoms with Crippen molar-refractivity contribution >= 4 is 11.6 Å². The molecule has 0 aliphatic heterocycles. The van der Waals surface area contributed by atoms with Crippen LogP contribution in [0.2, 0.25) is 0 Å². The first-order valence-corrected chi connectivity index (χ1v) is 5.81. The maximum Gasteiger partial charge on any atom is 0.335 e. The van der Waals surface area contributed by atoms with Crippen molar-refractivity contribution in [3.05, 3.63) is 67.2 Å². The average Bonchev–Trinajstić information content (AvgIpc) is 2.48. The number of carbonyl (C=O) groups is 1. The Morgan fingerprint density at radius 1 is 1.36 bits per heavy atom. The minimum Gasteiger partial charge on any atom is -0.477 e. The lowest BCUT2D eigenvalue weighted by atomic mass is 10.3. The third-order valence-electron chi connectivity index (χ3n) is 2.58. The van der Waals surface area contributed by atoms with Crippen LogP contribution in [0, 0.1) is 15.9 Å². The van der Waals surface area contributed by atoms with Gasteiger partial charge in [0.25, 0.3) is 11.5 Å². The molecule has 22 heavy (non-hydrogen) atoms. The van der Waals surface area contributed by atoms with E-state index in [0.29, 0.717) is 10.8 Å². The molecule has 0 aliphatic carbocycles. The minimum atomic E-state index is -1.32. The number of hydrogen-bond acceptors (Lipinski definition) is 6. The summed E-state index contributed by atoms with van der Waals surface area (Å²) in [6.45, 7) is -0.754. The van der Waals surface area contributed by atoms with Gasteiger partial charge in [-0.15, -0.1) is 0 Å². The van der Waals surface area contributed by atoms with Crippen LogP contribution in [0.25, 0.3) is 0 Å². The third kappa shape index (κ3) is 3.06. The van der Waals surface area contributed by atoms with Crippen LogP contribution < -0.4 is 16.0 Å². The number of H-pyrrole nitrogens is 1. The van der Waals surface area contributed by atoms with Crippen LogP contribution in [0.1, 0.15) is 4.79 Å². The van der Waals surface area contributed by atoms with Crippen LogP contribution in [0.15, 0.2) is 40.1 Å². The minimum absolute atomic E-state index is 0.182. The molecular weight excluding hydrogens is 301 g/mol. The topological polar surface area (TPSA) is 124 Å². The molecule has 1 heterocycles. The van der Waals surface area contributed by atoms with Gasteiger partial charge in [-0.2, -0.15) is 4.39 Å². The third-order valence-corrected chi connectivity index (χ3v) is 2.58. The van der Waals surface area contributed by atoms with Gasteiger partial charge in [0.2, 0.25) is 5.82 Å². The van der Waals surface area contributed by atoms with Crippen molar-refractivity contribution < 1.29 is 18.8 Å². The van der Waals surface area contributed by atoms with Crippen LogP contribution in [-0.4, -0.2) is 27.0 Å². The van der Waals surface area contributed by atoms with E-state index in [1.807, 2.05) is 0 Å². The van der Waals surface area contributed by atoms with E-state index < -0.39 is 34.5 Å². The summed E-state index contributed by atoms with van der Waals surface area (Å²) in [5.41, 5.74) is -2.76. The molecule has 9 nitrogen and oxygen atoms in total. The lowest BCUT2D eigenvalue weighted by molar-refractivity contribution is -0.385. The fourth-order valence-electron chi connectivity index (χ4n) is 1.57. The first-order chi connectivity index (χ1) is 10.4. The molecule has 1 aromatic heterocycles. The standard InChI is InChI=1S/C12H8FN3O6/c13-7-5-15(12(19)14-11(7)18)10(17)6-22-9-4-2-1-3-8(9)16(20)21/h1-5H,6H2,(H,14,18,19). The van der Waals surface area contributed by atoms with Crippen molar-refractivity contribution in [2.45, 2.75) is 0 Å². The van der Waals surface area contributed by atoms with Crippen molar-refractivity contribution in [3.63, 3.8) is 0 Å². The van der Waals surface area contributed by atoms with Crippen LogP contribution in [-0.2, 0) is 0 Å². The van der Waals surface area contributed by atoms with Gasteiger partial charge >= 0.3 is 11.4 Å². The van der Waals surface area contributed by atoms with Crippen LogP contribution in [0.5, 0.6) is 5.75 Å². The van der Waals surface area contributed by atoms with Gasteiger partial charge in [0.15, 0.2) is 12.4 Å². The maximum absolute atomic E-state index is 13.1. The normalized spacial score (nSPS) is 10.2. The Balaban J connectivity index is 2.21. The number of halogens is 1. The Morgan fingerprint density at radius 3 is 2.73 bits per heavy atom. The Hall–Kier alpha value is -3.30. The largest absolute Gasteiger partial charge is 0.477 e.